The van der Waals surface area contributed by atoms with E-state index in [1.807, 2.05) is 0 Å². The van der Waals surface area contributed by atoms with Crippen molar-refractivity contribution in [3.8, 4) is 5.75 Å². The van der Waals surface area contributed by atoms with E-state index in [9.17, 15) is 0 Å². The van der Waals surface area contributed by atoms with Crippen molar-refractivity contribution < 1.29 is 4.74 Å². The van der Waals surface area contributed by atoms with Gasteiger partial charge in [-0.3, -0.25) is 4.90 Å². The Balaban J connectivity index is 1.45. The fourth-order valence-corrected chi connectivity index (χ4v) is 3.71. The van der Waals surface area contributed by atoms with Crippen LogP contribution in [0.25, 0.3) is 0 Å². The average Bonchev–Trinajstić information content (AvgIpc) is 2.90. The molecule has 2 fully saturated rings. The standard InChI is InChI=1S/C18H28N2O/c1-14-6-8-16(9-7-14)21-13-15(2)19-17-10-12-20-11-4-3-5-18(17)20/h6-9,15,17-19H,3-5,10-13H2,1-2H3. The van der Waals surface area contributed by atoms with Gasteiger partial charge in [-0.2, -0.15) is 0 Å². The molecule has 0 saturated carbocycles. The third-order valence-corrected chi connectivity index (χ3v) is 4.88. The van der Waals surface area contributed by atoms with E-state index in [4.69, 9.17) is 4.74 Å². The van der Waals surface area contributed by atoms with E-state index in [0.717, 1.165) is 18.4 Å². The summed E-state index contributed by atoms with van der Waals surface area (Å²) < 4.78 is 5.89. The van der Waals surface area contributed by atoms with Gasteiger partial charge >= 0.3 is 0 Å². The van der Waals surface area contributed by atoms with Gasteiger partial charge in [0.2, 0.25) is 0 Å². The van der Waals surface area contributed by atoms with Gasteiger partial charge in [0.25, 0.3) is 0 Å². The fraction of sp³-hybridized carbons (Fsp3) is 0.667. The number of nitrogens with one attached hydrogen (secondary N) is 1. The molecule has 0 amide bonds. The first-order valence-electron chi connectivity index (χ1n) is 8.42. The topological polar surface area (TPSA) is 24.5 Å². The number of hydrogen-bond donors (Lipinski definition) is 1. The van der Waals surface area contributed by atoms with Gasteiger partial charge in [-0.25, -0.2) is 0 Å². The summed E-state index contributed by atoms with van der Waals surface area (Å²) in [5.74, 6) is 0.972. The second kappa shape index (κ2) is 6.80. The smallest absolute Gasteiger partial charge is 0.119 e. The molecule has 3 rings (SSSR count). The fourth-order valence-electron chi connectivity index (χ4n) is 3.71. The Kier molecular flexibility index (Phi) is 4.81. The second-order valence-corrected chi connectivity index (χ2v) is 6.69. The molecule has 1 aromatic carbocycles. The average molecular weight is 288 g/mol. The van der Waals surface area contributed by atoms with E-state index in [1.165, 1.54) is 44.3 Å². The second-order valence-electron chi connectivity index (χ2n) is 6.69. The molecule has 0 aliphatic carbocycles. The first kappa shape index (κ1) is 14.9. The molecule has 2 aliphatic rings. The lowest BCUT2D eigenvalue weighted by Crippen LogP contribution is -2.48. The van der Waals surface area contributed by atoms with Crippen LogP contribution in [0.3, 0.4) is 0 Å². The Bertz CT molecular complexity index is 445. The number of ether oxygens (including phenoxy) is 1. The highest BCUT2D eigenvalue weighted by Crippen LogP contribution is 2.27. The molecule has 2 aliphatic heterocycles. The Morgan fingerprint density at radius 1 is 1.19 bits per heavy atom. The van der Waals surface area contributed by atoms with Gasteiger partial charge in [-0.15, -0.1) is 0 Å². The zero-order valence-electron chi connectivity index (χ0n) is 13.3. The van der Waals surface area contributed by atoms with Crippen molar-refractivity contribution in [3.63, 3.8) is 0 Å². The highest BCUT2D eigenvalue weighted by molar-refractivity contribution is 5.26. The predicted molar refractivity (Wildman–Crippen MR) is 86.9 cm³/mol. The van der Waals surface area contributed by atoms with Crippen LogP contribution >= 0.6 is 0 Å². The third kappa shape index (κ3) is 3.78. The van der Waals surface area contributed by atoms with Crippen molar-refractivity contribution in [2.75, 3.05) is 19.7 Å². The molecule has 1 N–H and O–H groups in total. The molecular formula is C18H28N2O. The number of rotatable bonds is 5. The SMILES string of the molecule is Cc1ccc(OCC(C)NC2CCN3CCCCC23)cc1. The lowest BCUT2D eigenvalue weighted by Gasteiger charge is -2.33. The molecular weight excluding hydrogens is 260 g/mol. The minimum atomic E-state index is 0.401. The minimum absolute atomic E-state index is 0.401. The van der Waals surface area contributed by atoms with Crippen molar-refractivity contribution in [1.82, 2.24) is 10.2 Å². The van der Waals surface area contributed by atoms with E-state index in [1.54, 1.807) is 0 Å². The van der Waals surface area contributed by atoms with Gasteiger partial charge in [0.05, 0.1) is 0 Å². The Hall–Kier alpha value is -1.06. The third-order valence-electron chi connectivity index (χ3n) is 4.88. The lowest BCUT2D eigenvalue weighted by molar-refractivity contribution is 0.170. The molecule has 0 bridgehead atoms. The highest BCUT2D eigenvalue weighted by atomic mass is 16.5. The maximum absolute atomic E-state index is 5.89. The molecule has 3 heteroatoms. The van der Waals surface area contributed by atoms with Crippen LogP contribution in [0, 0.1) is 6.92 Å². The molecule has 0 aromatic heterocycles. The summed E-state index contributed by atoms with van der Waals surface area (Å²) in [7, 11) is 0. The first-order valence-corrected chi connectivity index (χ1v) is 8.42. The largest absolute Gasteiger partial charge is 0.492 e. The number of benzene rings is 1. The number of nitrogens with zero attached hydrogens (tertiary/aromatic N) is 1. The number of piperidine rings is 1. The Morgan fingerprint density at radius 2 is 2.00 bits per heavy atom. The van der Waals surface area contributed by atoms with Crippen molar-refractivity contribution in [2.24, 2.45) is 0 Å². The molecule has 0 radical (unpaired) electrons. The molecule has 2 heterocycles. The van der Waals surface area contributed by atoms with E-state index in [2.05, 4.69) is 48.3 Å². The van der Waals surface area contributed by atoms with Crippen molar-refractivity contribution >= 4 is 0 Å². The maximum atomic E-state index is 5.89. The van der Waals surface area contributed by atoms with E-state index in [-0.39, 0.29) is 0 Å². The van der Waals surface area contributed by atoms with E-state index in [0.29, 0.717) is 12.1 Å². The molecule has 3 unspecified atom stereocenters. The van der Waals surface area contributed by atoms with E-state index < -0.39 is 0 Å². The van der Waals surface area contributed by atoms with Crippen LogP contribution in [-0.2, 0) is 0 Å². The molecule has 116 valence electrons. The summed E-state index contributed by atoms with van der Waals surface area (Å²) in [6, 6.07) is 10.1. The molecule has 3 nitrogen and oxygen atoms in total. The summed E-state index contributed by atoms with van der Waals surface area (Å²) in [5.41, 5.74) is 1.27. The van der Waals surface area contributed by atoms with Gasteiger partial charge in [-0.05, 0) is 51.8 Å². The van der Waals surface area contributed by atoms with Crippen LogP contribution in [-0.4, -0.2) is 42.7 Å². The normalized spacial score (nSPS) is 27.3. The summed E-state index contributed by atoms with van der Waals surface area (Å²) >= 11 is 0. The van der Waals surface area contributed by atoms with Crippen molar-refractivity contribution in [1.29, 1.82) is 0 Å². The van der Waals surface area contributed by atoms with Crippen LogP contribution in [0.2, 0.25) is 0 Å². The van der Waals surface area contributed by atoms with Crippen LogP contribution in [0.1, 0.15) is 38.2 Å². The highest BCUT2D eigenvalue weighted by Gasteiger charge is 2.35. The number of aryl methyl sites for hydroxylation is 1. The first-order chi connectivity index (χ1) is 10.2. The molecule has 0 spiro atoms. The number of hydrogen-bond acceptors (Lipinski definition) is 3. The summed E-state index contributed by atoms with van der Waals surface area (Å²) in [6.07, 6.45) is 5.44. The van der Waals surface area contributed by atoms with Gasteiger partial charge in [-0.1, -0.05) is 24.1 Å². The zero-order chi connectivity index (χ0) is 14.7. The van der Waals surface area contributed by atoms with Crippen LogP contribution in [0.5, 0.6) is 5.75 Å². The maximum Gasteiger partial charge on any atom is 0.119 e. The summed E-state index contributed by atoms with van der Waals surface area (Å²) in [4.78, 5) is 2.68. The molecule has 3 atom stereocenters. The summed E-state index contributed by atoms with van der Waals surface area (Å²) in [5, 5.41) is 3.79. The lowest BCUT2D eigenvalue weighted by atomic mass is 9.98. The Morgan fingerprint density at radius 3 is 2.81 bits per heavy atom. The minimum Gasteiger partial charge on any atom is -0.492 e. The van der Waals surface area contributed by atoms with Gasteiger partial charge in [0.1, 0.15) is 12.4 Å². The van der Waals surface area contributed by atoms with Crippen LogP contribution in [0.4, 0.5) is 0 Å². The van der Waals surface area contributed by atoms with Crippen LogP contribution < -0.4 is 10.1 Å². The van der Waals surface area contributed by atoms with Gasteiger partial charge in [0, 0.05) is 24.7 Å². The van der Waals surface area contributed by atoms with Crippen molar-refractivity contribution in [2.45, 2.75) is 57.7 Å². The van der Waals surface area contributed by atoms with Gasteiger partial charge < -0.3 is 10.1 Å². The monoisotopic (exact) mass is 288 g/mol. The number of fused-ring (bicyclic) bond motifs is 1. The Labute approximate surface area is 128 Å². The summed E-state index contributed by atoms with van der Waals surface area (Å²) in [6.45, 7) is 7.65. The zero-order valence-corrected chi connectivity index (χ0v) is 13.3. The predicted octanol–water partition coefficient (Wildman–Crippen LogP) is 2.98. The van der Waals surface area contributed by atoms with E-state index >= 15 is 0 Å². The van der Waals surface area contributed by atoms with Gasteiger partial charge in [0.15, 0.2) is 0 Å². The molecule has 2 saturated heterocycles. The molecule has 1 aromatic rings. The van der Waals surface area contributed by atoms with Crippen molar-refractivity contribution in [3.05, 3.63) is 29.8 Å². The molecule has 21 heavy (non-hydrogen) atoms. The van der Waals surface area contributed by atoms with Crippen LogP contribution in [0.15, 0.2) is 24.3 Å². The quantitative estimate of drug-likeness (QED) is 0.901.